The van der Waals surface area contributed by atoms with Crippen molar-refractivity contribution in [2.24, 2.45) is 0 Å². The Hall–Kier alpha value is -1.05. The van der Waals surface area contributed by atoms with Crippen molar-refractivity contribution in [3.8, 4) is 0 Å². The standard InChI is InChI=1S/C7H9NO/c1-8-4-2-3-7(5-8)6-9/h2-3,5-6H,4H2,1H3. The summed E-state index contributed by atoms with van der Waals surface area (Å²) in [6, 6.07) is 0. The highest BCUT2D eigenvalue weighted by Crippen LogP contribution is 2.01. The molecule has 48 valence electrons. The third kappa shape index (κ3) is 1.42. The van der Waals surface area contributed by atoms with E-state index in [1.165, 1.54) is 0 Å². The Morgan fingerprint density at radius 1 is 1.78 bits per heavy atom. The van der Waals surface area contributed by atoms with Crippen LogP contribution in [0.5, 0.6) is 0 Å². The molecule has 0 aromatic heterocycles. The fourth-order valence-corrected chi connectivity index (χ4v) is 0.775. The lowest BCUT2D eigenvalue weighted by atomic mass is 10.2. The van der Waals surface area contributed by atoms with Gasteiger partial charge in [0.25, 0.3) is 0 Å². The first kappa shape index (κ1) is 6.08. The smallest absolute Gasteiger partial charge is 0.151 e. The van der Waals surface area contributed by atoms with Gasteiger partial charge in [-0.15, -0.1) is 0 Å². The number of nitrogens with zero attached hydrogens (tertiary/aromatic N) is 1. The van der Waals surface area contributed by atoms with E-state index in [1.54, 1.807) is 0 Å². The van der Waals surface area contributed by atoms with Crippen LogP contribution in [-0.4, -0.2) is 24.8 Å². The van der Waals surface area contributed by atoms with Crippen LogP contribution in [-0.2, 0) is 4.79 Å². The minimum Gasteiger partial charge on any atom is -0.376 e. The third-order valence-electron chi connectivity index (χ3n) is 1.21. The van der Waals surface area contributed by atoms with E-state index in [0.29, 0.717) is 0 Å². The Bertz CT molecular complexity index is 170. The summed E-state index contributed by atoms with van der Waals surface area (Å²) < 4.78 is 0. The maximum Gasteiger partial charge on any atom is 0.151 e. The number of carbonyl (C=O) groups excluding carboxylic acids is 1. The first-order valence-electron chi connectivity index (χ1n) is 2.86. The Morgan fingerprint density at radius 2 is 2.56 bits per heavy atom. The van der Waals surface area contributed by atoms with Gasteiger partial charge in [0, 0.05) is 25.4 Å². The molecule has 0 atom stereocenters. The molecule has 0 N–H and O–H groups in total. The monoisotopic (exact) mass is 123 g/mol. The van der Waals surface area contributed by atoms with E-state index in [-0.39, 0.29) is 0 Å². The minimum absolute atomic E-state index is 0.740. The van der Waals surface area contributed by atoms with Crippen LogP contribution in [0.2, 0.25) is 0 Å². The van der Waals surface area contributed by atoms with E-state index in [2.05, 4.69) is 0 Å². The lowest BCUT2D eigenvalue weighted by molar-refractivity contribution is -0.104. The molecule has 0 fully saturated rings. The van der Waals surface area contributed by atoms with Gasteiger partial charge in [-0.3, -0.25) is 4.79 Å². The van der Waals surface area contributed by atoms with Gasteiger partial charge in [0.15, 0.2) is 6.29 Å². The molecule has 0 radical (unpaired) electrons. The first-order valence-corrected chi connectivity index (χ1v) is 2.86. The quantitative estimate of drug-likeness (QED) is 0.475. The van der Waals surface area contributed by atoms with E-state index in [0.717, 1.165) is 18.4 Å². The molecule has 1 heterocycles. The molecular weight excluding hydrogens is 114 g/mol. The predicted octanol–water partition coefficient (Wildman–Crippen LogP) is 0.571. The fourth-order valence-electron chi connectivity index (χ4n) is 0.775. The highest BCUT2D eigenvalue weighted by atomic mass is 16.1. The topological polar surface area (TPSA) is 20.3 Å². The maximum atomic E-state index is 10.2. The molecule has 0 aromatic carbocycles. The second-order valence-corrected chi connectivity index (χ2v) is 2.09. The average molecular weight is 123 g/mol. The third-order valence-corrected chi connectivity index (χ3v) is 1.21. The van der Waals surface area contributed by atoms with Crippen LogP contribution in [0.1, 0.15) is 0 Å². The number of likely N-dealkylation sites (N-methyl/N-ethyl adjacent to an activating group) is 1. The Morgan fingerprint density at radius 3 is 3.00 bits per heavy atom. The lowest BCUT2D eigenvalue weighted by Crippen LogP contribution is -2.14. The van der Waals surface area contributed by atoms with Crippen molar-refractivity contribution in [3.63, 3.8) is 0 Å². The van der Waals surface area contributed by atoms with Crippen molar-refractivity contribution in [1.29, 1.82) is 0 Å². The normalized spacial score (nSPS) is 17.4. The largest absolute Gasteiger partial charge is 0.376 e. The van der Waals surface area contributed by atoms with Crippen LogP contribution < -0.4 is 0 Å². The van der Waals surface area contributed by atoms with Crippen LogP contribution in [0.15, 0.2) is 23.9 Å². The van der Waals surface area contributed by atoms with E-state index in [1.807, 2.05) is 30.3 Å². The molecule has 0 bridgehead atoms. The number of hydrogen-bond acceptors (Lipinski definition) is 2. The number of allylic oxidation sites excluding steroid dienone is 2. The second kappa shape index (κ2) is 2.49. The van der Waals surface area contributed by atoms with Gasteiger partial charge < -0.3 is 4.90 Å². The van der Waals surface area contributed by atoms with Crippen molar-refractivity contribution < 1.29 is 4.79 Å². The van der Waals surface area contributed by atoms with Gasteiger partial charge in [0.1, 0.15) is 0 Å². The number of carbonyl (C=O) groups is 1. The molecule has 2 nitrogen and oxygen atoms in total. The molecule has 1 aliphatic heterocycles. The van der Waals surface area contributed by atoms with Gasteiger partial charge in [-0.1, -0.05) is 12.2 Å². The summed E-state index contributed by atoms with van der Waals surface area (Å²) in [5.41, 5.74) is 0.740. The molecule has 1 aliphatic rings. The van der Waals surface area contributed by atoms with Gasteiger partial charge in [0.05, 0.1) is 0 Å². The van der Waals surface area contributed by atoms with Crippen molar-refractivity contribution in [1.82, 2.24) is 4.90 Å². The fraction of sp³-hybridized carbons (Fsp3) is 0.286. The Balaban J connectivity index is 2.70. The highest BCUT2D eigenvalue weighted by Gasteiger charge is 1.96. The summed E-state index contributed by atoms with van der Waals surface area (Å²) in [6.45, 7) is 0.900. The van der Waals surface area contributed by atoms with Gasteiger partial charge in [0.2, 0.25) is 0 Å². The summed E-state index contributed by atoms with van der Waals surface area (Å²) in [6.07, 6.45) is 6.47. The molecule has 0 unspecified atom stereocenters. The Labute approximate surface area is 54.5 Å². The summed E-state index contributed by atoms with van der Waals surface area (Å²) in [5, 5.41) is 0. The van der Waals surface area contributed by atoms with Gasteiger partial charge in [-0.2, -0.15) is 0 Å². The van der Waals surface area contributed by atoms with Gasteiger partial charge in [-0.05, 0) is 0 Å². The number of hydrogen-bond donors (Lipinski definition) is 0. The van der Waals surface area contributed by atoms with Crippen molar-refractivity contribution in [3.05, 3.63) is 23.9 Å². The zero-order valence-electron chi connectivity index (χ0n) is 5.37. The summed E-state index contributed by atoms with van der Waals surface area (Å²) in [7, 11) is 1.94. The zero-order chi connectivity index (χ0) is 6.69. The van der Waals surface area contributed by atoms with E-state index >= 15 is 0 Å². The molecule has 0 aliphatic carbocycles. The highest BCUT2D eigenvalue weighted by molar-refractivity contribution is 5.77. The van der Waals surface area contributed by atoms with Gasteiger partial charge >= 0.3 is 0 Å². The molecule has 1 rings (SSSR count). The van der Waals surface area contributed by atoms with Gasteiger partial charge in [-0.25, -0.2) is 0 Å². The SMILES string of the molecule is CN1C=C(C=O)C=CC1. The van der Waals surface area contributed by atoms with Crippen LogP contribution in [0, 0.1) is 0 Å². The maximum absolute atomic E-state index is 10.2. The lowest BCUT2D eigenvalue weighted by Gasteiger charge is -2.14. The van der Waals surface area contributed by atoms with Crippen molar-refractivity contribution in [2.45, 2.75) is 0 Å². The zero-order valence-corrected chi connectivity index (χ0v) is 5.37. The van der Waals surface area contributed by atoms with E-state index < -0.39 is 0 Å². The van der Waals surface area contributed by atoms with E-state index in [9.17, 15) is 4.79 Å². The summed E-state index contributed by atoms with van der Waals surface area (Å²) in [4.78, 5) is 12.1. The number of aldehydes is 1. The second-order valence-electron chi connectivity index (χ2n) is 2.09. The Kier molecular flexibility index (Phi) is 1.68. The van der Waals surface area contributed by atoms with E-state index in [4.69, 9.17) is 0 Å². The first-order chi connectivity index (χ1) is 4.33. The van der Waals surface area contributed by atoms with Crippen molar-refractivity contribution >= 4 is 6.29 Å². The average Bonchev–Trinajstić information content (AvgIpc) is 1.88. The summed E-state index contributed by atoms with van der Waals surface area (Å²) in [5.74, 6) is 0. The molecule has 0 aromatic rings. The molecule has 0 spiro atoms. The van der Waals surface area contributed by atoms with Crippen molar-refractivity contribution in [2.75, 3.05) is 13.6 Å². The minimum atomic E-state index is 0.740. The van der Waals surface area contributed by atoms with Crippen LogP contribution in [0.25, 0.3) is 0 Å². The number of rotatable bonds is 1. The molecule has 0 amide bonds. The summed E-state index contributed by atoms with van der Waals surface area (Å²) >= 11 is 0. The molecule has 2 heteroatoms. The molecular formula is C7H9NO. The van der Waals surface area contributed by atoms with Crippen LogP contribution in [0.3, 0.4) is 0 Å². The van der Waals surface area contributed by atoms with Crippen LogP contribution >= 0.6 is 0 Å². The molecule has 0 saturated heterocycles. The molecule has 0 saturated carbocycles. The van der Waals surface area contributed by atoms with Crippen LogP contribution in [0.4, 0.5) is 0 Å². The molecule has 9 heavy (non-hydrogen) atoms. The predicted molar refractivity (Wildman–Crippen MR) is 35.9 cm³/mol.